The highest BCUT2D eigenvalue weighted by Gasteiger charge is 2.54. The van der Waals surface area contributed by atoms with E-state index in [0.717, 1.165) is 27.7 Å². The van der Waals surface area contributed by atoms with E-state index in [1.165, 1.54) is 0 Å². The molecule has 80 valence electrons. The number of ketones is 3. The molecular formula is C9H15NO4. The number of carbonyl (C=O) groups is 3. The highest BCUT2D eigenvalue weighted by molar-refractivity contribution is 6.15. The Balaban J connectivity index is 5.55. The zero-order valence-corrected chi connectivity index (χ0v) is 8.75. The van der Waals surface area contributed by atoms with Gasteiger partial charge >= 0.3 is 0 Å². The van der Waals surface area contributed by atoms with Gasteiger partial charge in [0.25, 0.3) is 0 Å². The first kappa shape index (κ1) is 12.9. The van der Waals surface area contributed by atoms with Crippen LogP contribution in [-0.4, -0.2) is 33.6 Å². The summed E-state index contributed by atoms with van der Waals surface area (Å²) in [6.45, 7) is 4.28. The first-order valence-corrected chi connectivity index (χ1v) is 4.12. The Morgan fingerprint density at radius 2 is 1.29 bits per heavy atom. The summed E-state index contributed by atoms with van der Waals surface area (Å²) >= 11 is 0. The molecule has 0 bridgehead atoms. The van der Waals surface area contributed by atoms with Crippen molar-refractivity contribution in [2.24, 2.45) is 5.73 Å². The van der Waals surface area contributed by atoms with Gasteiger partial charge in [-0.25, -0.2) is 0 Å². The minimum absolute atomic E-state index is 0.717. The zero-order chi connectivity index (χ0) is 11.7. The molecule has 1 unspecified atom stereocenters. The second kappa shape index (κ2) is 3.59. The lowest BCUT2D eigenvalue weighted by Crippen LogP contribution is -2.70. The van der Waals surface area contributed by atoms with E-state index in [0.29, 0.717) is 0 Å². The van der Waals surface area contributed by atoms with Crippen LogP contribution in [0.3, 0.4) is 0 Å². The number of carbonyl (C=O) groups excluding carboxylic acids is 3. The Labute approximate surface area is 82.3 Å². The Bertz CT molecular complexity index is 279. The van der Waals surface area contributed by atoms with Crippen LogP contribution in [0.4, 0.5) is 0 Å². The molecule has 0 aliphatic carbocycles. The number of nitrogens with two attached hydrogens (primary N) is 1. The molecule has 0 heterocycles. The van der Waals surface area contributed by atoms with Crippen molar-refractivity contribution in [2.75, 3.05) is 0 Å². The first-order valence-electron chi connectivity index (χ1n) is 4.12. The Kier molecular flexibility index (Phi) is 3.31. The number of aliphatic hydroxyl groups is 1. The quantitative estimate of drug-likeness (QED) is 0.580. The lowest BCUT2D eigenvalue weighted by atomic mass is 9.74. The van der Waals surface area contributed by atoms with E-state index in [1.54, 1.807) is 0 Å². The van der Waals surface area contributed by atoms with E-state index < -0.39 is 28.5 Å². The molecule has 0 spiro atoms. The van der Waals surface area contributed by atoms with Crippen LogP contribution < -0.4 is 5.73 Å². The summed E-state index contributed by atoms with van der Waals surface area (Å²) in [4.78, 5) is 33.5. The van der Waals surface area contributed by atoms with Gasteiger partial charge in [-0.05, 0) is 27.7 Å². The van der Waals surface area contributed by atoms with Crippen molar-refractivity contribution in [2.45, 2.75) is 38.8 Å². The van der Waals surface area contributed by atoms with Crippen molar-refractivity contribution in [3.05, 3.63) is 0 Å². The maximum atomic E-state index is 11.2. The fourth-order valence-corrected chi connectivity index (χ4v) is 1.21. The van der Waals surface area contributed by atoms with Gasteiger partial charge in [-0.2, -0.15) is 0 Å². The van der Waals surface area contributed by atoms with Crippen LogP contribution in [0.1, 0.15) is 27.7 Å². The van der Waals surface area contributed by atoms with Crippen LogP contribution in [-0.2, 0) is 14.4 Å². The maximum Gasteiger partial charge on any atom is 0.169 e. The molecule has 0 aromatic rings. The third kappa shape index (κ3) is 1.60. The smallest absolute Gasteiger partial charge is 0.169 e. The summed E-state index contributed by atoms with van der Waals surface area (Å²) in [5.41, 5.74) is 1.18. The summed E-state index contributed by atoms with van der Waals surface area (Å²) in [5.74, 6) is -2.18. The molecule has 3 N–H and O–H groups in total. The van der Waals surface area contributed by atoms with Crippen LogP contribution in [0.2, 0.25) is 0 Å². The predicted molar refractivity (Wildman–Crippen MR) is 49.6 cm³/mol. The topological polar surface area (TPSA) is 97.5 Å². The van der Waals surface area contributed by atoms with Crippen LogP contribution in [0.15, 0.2) is 0 Å². The number of rotatable bonds is 4. The summed E-state index contributed by atoms with van der Waals surface area (Å²) in [6, 6.07) is 0. The van der Waals surface area contributed by atoms with Crippen molar-refractivity contribution in [3.8, 4) is 0 Å². The van der Waals surface area contributed by atoms with Gasteiger partial charge in [0, 0.05) is 0 Å². The molecule has 5 nitrogen and oxygen atoms in total. The summed E-state index contributed by atoms with van der Waals surface area (Å²) < 4.78 is 0. The van der Waals surface area contributed by atoms with Gasteiger partial charge in [-0.3, -0.25) is 14.4 Å². The lowest BCUT2D eigenvalue weighted by Gasteiger charge is -2.36. The molecular weight excluding hydrogens is 186 g/mol. The molecule has 0 fully saturated rings. The third-order valence-electron chi connectivity index (χ3n) is 2.56. The van der Waals surface area contributed by atoms with Gasteiger partial charge in [-0.1, -0.05) is 0 Å². The fraction of sp³-hybridized carbons (Fsp3) is 0.667. The van der Waals surface area contributed by atoms with Crippen LogP contribution in [0.25, 0.3) is 0 Å². The number of hydrogen-bond acceptors (Lipinski definition) is 5. The van der Waals surface area contributed by atoms with E-state index in [2.05, 4.69) is 0 Å². The molecule has 0 saturated carbocycles. The molecule has 0 aromatic heterocycles. The SMILES string of the molecule is CC(=O)C(C)(O)C(N)(C(C)=O)C(C)=O. The highest BCUT2D eigenvalue weighted by atomic mass is 16.3. The van der Waals surface area contributed by atoms with E-state index in [1.807, 2.05) is 0 Å². The molecule has 0 saturated heterocycles. The van der Waals surface area contributed by atoms with E-state index in [4.69, 9.17) is 5.73 Å². The van der Waals surface area contributed by atoms with Gasteiger partial charge in [0.05, 0.1) is 0 Å². The Morgan fingerprint density at radius 3 is 1.36 bits per heavy atom. The zero-order valence-electron chi connectivity index (χ0n) is 8.75. The normalized spacial score (nSPS) is 15.9. The fourth-order valence-electron chi connectivity index (χ4n) is 1.21. The largest absolute Gasteiger partial charge is 0.379 e. The summed E-state index contributed by atoms with van der Waals surface area (Å²) in [6.07, 6.45) is 0. The van der Waals surface area contributed by atoms with Crippen LogP contribution in [0, 0.1) is 0 Å². The van der Waals surface area contributed by atoms with Gasteiger partial charge in [0.2, 0.25) is 0 Å². The summed E-state index contributed by atoms with van der Waals surface area (Å²) in [7, 11) is 0. The Morgan fingerprint density at radius 1 is 1.00 bits per heavy atom. The minimum Gasteiger partial charge on any atom is -0.379 e. The molecule has 0 radical (unpaired) electrons. The average molecular weight is 201 g/mol. The number of hydrogen-bond donors (Lipinski definition) is 2. The second-order valence-electron chi connectivity index (χ2n) is 3.55. The van der Waals surface area contributed by atoms with E-state index in [-0.39, 0.29) is 0 Å². The predicted octanol–water partition coefficient (Wildman–Crippen LogP) is -0.798. The lowest BCUT2D eigenvalue weighted by molar-refractivity contribution is -0.155. The first-order chi connectivity index (χ1) is 6.08. The van der Waals surface area contributed by atoms with E-state index in [9.17, 15) is 19.5 Å². The van der Waals surface area contributed by atoms with Crippen LogP contribution in [0.5, 0.6) is 0 Å². The highest BCUT2D eigenvalue weighted by Crippen LogP contribution is 2.23. The van der Waals surface area contributed by atoms with Gasteiger partial charge < -0.3 is 10.8 Å². The number of Topliss-reactive ketones (excluding diaryl/α,β-unsaturated/α-hetero) is 3. The molecule has 5 heteroatoms. The monoisotopic (exact) mass is 201 g/mol. The van der Waals surface area contributed by atoms with Gasteiger partial charge in [0.1, 0.15) is 0 Å². The average Bonchev–Trinajstić information content (AvgIpc) is 2.01. The van der Waals surface area contributed by atoms with Gasteiger partial charge in [0.15, 0.2) is 28.5 Å². The standard InChI is InChI=1S/C9H15NO4/c1-5(11)8(4,14)9(10,6(2)12)7(3)13/h14H,10H2,1-4H3. The third-order valence-corrected chi connectivity index (χ3v) is 2.56. The molecule has 14 heavy (non-hydrogen) atoms. The van der Waals surface area contributed by atoms with Crippen molar-refractivity contribution in [1.29, 1.82) is 0 Å². The maximum absolute atomic E-state index is 11.2. The second-order valence-corrected chi connectivity index (χ2v) is 3.55. The van der Waals surface area contributed by atoms with Gasteiger partial charge in [-0.15, -0.1) is 0 Å². The molecule has 1 atom stereocenters. The summed E-state index contributed by atoms with van der Waals surface area (Å²) in [5, 5.41) is 9.74. The molecule has 0 rings (SSSR count). The minimum atomic E-state index is -2.16. The van der Waals surface area contributed by atoms with Crippen molar-refractivity contribution in [1.82, 2.24) is 0 Å². The molecule has 0 aromatic carbocycles. The molecule has 0 amide bonds. The molecule has 0 aliphatic rings. The van der Waals surface area contributed by atoms with E-state index >= 15 is 0 Å². The van der Waals surface area contributed by atoms with Crippen molar-refractivity contribution < 1.29 is 19.5 Å². The van der Waals surface area contributed by atoms with Crippen molar-refractivity contribution >= 4 is 17.3 Å². The molecule has 0 aliphatic heterocycles. The van der Waals surface area contributed by atoms with Crippen LogP contribution >= 0.6 is 0 Å². The Hall–Kier alpha value is -1.07. The van der Waals surface area contributed by atoms with Crippen molar-refractivity contribution in [3.63, 3.8) is 0 Å².